The highest BCUT2D eigenvalue weighted by Crippen LogP contribution is 2.48. The van der Waals surface area contributed by atoms with E-state index in [1.54, 1.807) is 19.9 Å². The number of hydrogen-bond donors (Lipinski definition) is 2. The van der Waals surface area contributed by atoms with Crippen molar-refractivity contribution < 1.29 is 14.3 Å². The van der Waals surface area contributed by atoms with Gasteiger partial charge in [-0.05, 0) is 38.3 Å². The first-order valence-electron chi connectivity index (χ1n) is 7.30. The minimum absolute atomic E-state index is 0.0678. The van der Waals surface area contributed by atoms with E-state index in [0.717, 1.165) is 32.1 Å². The lowest BCUT2D eigenvalue weighted by Crippen LogP contribution is -2.42. The summed E-state index contributed by atoms with van der Waals surface area (Å²) in [4.78, 5) is 12.3. The van der Waals surface area contributed by atoms with Gasteiger partial charge >= 0.3 is 0 Å². The normalized spacial score (nSPS) is 26.5. The standard InChI is InChI=1S/C16H20FNO2/c1-9-8-12-14(10(2)13(9)17)18-15(19)16(12,20)11-6-4-3-5-7-11/h8,11,20H,3-7H2,1-2H3,(H,18,19). The smallest absolute Gasteiger partial charge is 0.261 e. The molecule has 20 heavy (non-hydrogen) atoms. The Labute approximate surface area is 118 Å². The van der Waals surface area contributed by atoms with Gasteiger partial charge in [0.1, 0.15) is 5.82 Å². The second-order valence-electron chi connectivity index (χ2n) is 6.11. The number of amides is 1. The molecule has 1 aromatic rings. The van der Waals surface area contributed by atoms with Gasteiger partial charge in [-0.25, -0.2) is 4.39 Å². The maximum Gasteiger partial charge on any atom is 0.261 e. The molecule has 2 aliphatic rings. The van der Waals surface area contributed by atoms with Crippen LogP contribution in [-0.4, -0.2) is 11.0 Å². The van der Waals surface area contributed by atoms with Crippen LogP contribution in [0.2, 0.25) is 0 Å². The van der Waals surface area contributed by atoms with Crippen LogP contribution >= 0.6 is 0 Å². The second kappa shape index (κ2) is 4.55. The summed E-state index contributed by atoms with van der Waals surface area (Å²) in [6, 6.07) is 1.63. The fourth-order valence-corrected chi connectivity index (χ4v) is 3.68. The molecule has 1 fully saturated rings. The maximum atomic E-state index is 14.0. The third-order valence-corrected chi connectivity index (χ3v) is 4.87. The Morgan fingerprint density at radius 1 is 1.30 bits per heavy atom. The second-order valence-corrected chi connectivity index (χ2v) is 6.11. The lowest BCUT2D eigenvalue weighted by molar-refractivity contribution is -0.141. The van der Waals surface area contributed by atoms with E-state index >= 15 is 0 Å². The van der Waals surface area contributed by atoms with Crippen LogP contribution in [0.3, 0.4) is 0 Å². The van der Waals surface area contributed by atoms with Crippen molar-refractivity contribution in [3.05, 3.63) is 28.6 Å². The van der Waals surface area contributed by atoms with Crippen LogP contribution in [0.4, 0.5) is 10.1 Å². The molecule has 1 aliphatic carbocycles. The number of anilines is 1. The molecule has 3 nitrogen and oxygen atoms in total. The van der Waals surface area contributed by atoms with Crippen LogP contribution in [0.5, 0.6) is 0 Å². The van der Waals surface area contributed by atoms with Crippen molar-refractivity contribution in [2.75, 3.05) is 5.32 Å². The van der Waals surface area contributed by atoms with E-state index in [9.17, 15) is 14.3 Å². The molecule has 0 radical (unpaired) electrons. The van der Waals surface area contributed by atoms with Gasteiger partial charge in [-0.3, -0.25) is 4.79 Å². The SMILES string of the molecule is Cc1cc2c(c(C)c1F)NC(=O)C2(O)C1CCCCC1. The van der Waals surface area contributed by atoms with E-state index in [-0.39, 0.29) is 11.7 Å². The Morgan fingerprint density at radius 3 is 2.60 bits per heavy atom. The molecule has 0 saturated heterocycles. The van der Waals surface area contributed by atoms with Gasteiger partial charge in [0.15, 0.2) is 5.60 Å². The molecule has 3 rings (SSSR count). The third kappa shape index (κ3) is 1.71. The van der Waals surface area contributed by atoms with Crippen LogP contribution in [0.25, 0.3) is 0 Å². The number of carbonyl (C=O) groups is 1. The Morgan fingerprint density at radius 2 is 1.95 bits per heavy atom. The molecule has 1 amide bonds. The first kappa shape index (κ1) is 13.6. The number of carbonyl (C=O) groups excluding carboxylic acids is 1. The lowest BCUT2D eigenvalue weighted by atomic mass is 9.73. The molecule has 2 N–H and O–H groups in total. The minimum atomic E-state index is -1.49. The summed E-state index contributed by atoms with van der Waals surface area (Å²) in [5.74, 6) is -0.772. The van der Waals surface area contributed by atoms with Crippen molar-refractivity contribution in [3.63, 3.8) is 0 Å². The maximum absolute atomic E-state index is 14.0. The van der Waals surface area contributed by atoms with Crippen molar-refractivity contribution in [2.45, 2.75) is 51.6 Å². The Kier molecular flexibility index (Phi) is 3.09. The molecular weight excluding hydrogens is 257 g/mol. The monoisotopic (exact) mass is 277 g/mol. The first-order chi connectivity index (χ1) is 9.46. The Bertz CT molecular complexity index is 578. The fraction of sp³-hybridized carbons (Fsp3) is 0.562. The van der Waals surface area contributed by atoms with Crippen LogP contribution in [0.1, 0.15) is 48.8 Å². The van der Waals surface area contributed by atoms with Gasteiger partial charge in [0.2, 0.25) is 0 Å². The highest BCUT2D eigenvalue weighted by atomic mass is 19.1. The molecule has 108 valence electrons. The van der Waals surface area contributed by atoms with Crippen molar-refractivity contribution in [1.82, 2.24) is 0 Å². The zero-order valence-electron chi connectivity index (χ0n) is 11.9. The summed E-state index contributed by atoms with van der Waals surface area (Å²) in [6.45, 7) is 3.32. The van der Waals surface area contributed by atoms with Gasteiger partial charge in [-0.1, -0.05) is 19.3 Å². The molecule has 1 saturated carbocycles. The minimum Gasteiger partial charge on any atom is -0.375 e. The van der Waals surface area contributed by atoms with Gasteiger partial charge in [-0.15, -0.1) is 0 Å². The average Bonchev–Trinajstić information content (AvgIpc) is 2.71. The Hall–Kier alpha value is -1.42. The van der Waals surface area contributed by atoms with Gasteiger partial charge in [0.05, 0.1) is 5.69 Å². The lowest BCUT2D eigenvalue weighted by Gasteiger charge is -2.34. The molecule has 1 aliphatic heterocycles. The van der Waals surface area contributed by atoms with E-state index in [1.165, 1.54) is 0 Å². The summed E-state index contributed by atoms with van der Waals surface area (Å²) in [6.07, 6.45) is 4.92. The number of aryl methyl sites for hydroxylation is 1. The molecular formula is C16H20FNO2. The summed E-state index contributed by atoms with van der Waals surface area (Å²) in [5.41, 5.74) is 0.433. The van der Waals surface area contributed by atoms with Gasteiger partial charge in [-0.2, -0.15) is 0 Å². The molecule has 0 spiro atoms. The molecule has 0 aromatic heterocycles. The van der Waals surface area contributed by atoms with Crippen molar-refractivity contribution in [2.24, 2.45) is 5.92 Å². The number of benzene rings is 1. The fourth-order valence-electron chi connectivity index (χ4n) is 3.68. The van der Waals surface area contributed by atoms with E-state index in [4.69, 9.17) is 0 Å². The quantitative estimate of drug-likeness (QED) is 0.828. The largest absolute Gasteiger partial charge is 0.375 e. The van der Waals surface area contributed by atoms with E-state index in [0.29, 0.717) is 22.4 Å². The van der Waals surface area contributed by atoms with Crippen LogP contribution < -0.4 is 5.32 Å². The zero-order chi connectivity index (χ0) is 14.5. The predicted molar refractivity (Wildman–Crippen MR) is 75.0 cm³/mol. The summed E-state index contributed by atoms with van der Waals surface area (Å²) in [5, 5.41) is 13.7. The van der Waals surface area contributed by atoms with Crippen LogP contribution in [-0.2, 0) is 10.4 Å². The molecule has 1 unspecified atom stereocenters. The number of halogens is 1. The predicted octanol–water partition coefficient (Wildman–Crippen LogP) is 3.16. The number of hydrogen-bond acceptors (Lipinski definition) is 2. The molecule has 1 aromatic carbocycles. The van der Waals surface area contributed by atoms with Crippen LogP contribution in [0.15, 0.2) is 6.07 Å². The summed E-state index contributed by atoms with van der Waals surface area (Å²) >= 11 is 0. The highest BCUT2D eigenvalue weighted by molar-refractivity contribution is 6.06. The van der Waals surface area contributed by atoms with Gasteiger partial charge < -0.3 is 10.4 Å². The molecule has 1 atom stereocenters. The highest BCUT2D eigenvalue weighted by Gasteiger charge is 2.51. The average molecular weight is 277 g/mol. The molecule has 4 heteroatoms. The van der Waals surface area contributed by atoms with Crippen LogP contribution in [0, 0.1) is 25.6 Å². The first-order valence-corrected chi connectivity index (χ1v) is 7.30. The zero-order valence-corrected chi connectivity index (χ0v) is 11.9. The summed E-state index contributed by atoms with van der Waals surface area (Å²) < 4.78 is 14.0. The van der Waals surface area contributed by atoms with E-state index in [1.807, 2.05) is 0 Å². The van der Waals surface area contributed by atoms with Crippen molar-refractivity contribution >= 4 is 11.6 Å². The molecule has 1 heterocycles. The van der Waals surface area contributed by atoms with Gasteiger partial charge in [0.25, 0.3) is 5.91 Å². The number of fused-ring (bicyclic) bond motifs is 1. The van der Waals surface area contributed by atoms with Crippen molar-refractivity contribution in [3.8, 4) is 0 Å². The van der Waals surface area contributed by atoms with Crippen molar-refractivity contribution in [1.29, 1.82) is 0 Å². The summed E-state index contributed by atoms with van der Waals surface area (Å²) in [7, 11) is 0. The van der Waals surface area contributed by atoms with E-state index < -0.39 is 11.5 Å². The topological polar surface area (TPSA) is 49.3 Å². The number of aliphatic hydroxyl groups is 1. The van der Waals surface area contributed by atoms with Gasteiger partial charge in [0, 0.05) is 17.0 Å². The Balaban J connectivity index is 2.13. The number of nitrogens with one attached hydrogen (secondary N) is 1. The van der Waals surface area contributed by atoms with E-state index in [2.05, 4.69) is 5.32 Å². The number of rotatable bonds is 1. The third-order valence-electron chi connectivity index (χ3n) is 4.87. The molecule has 0 bridgehead atoms.